The van der Waals surface area contributed by atoms with Crippen molar-refractivity contribution in [3.05, 3.63) is 58.8 Å². The molecule has 1 unspecified atom stereocenters. The van der Waals surface area contributed by atoms with E-state index in [1.165, 1.54) is 0 Å². The minimum Gasteiger partial charge on any atom is -0.394 e. The van der Waals surface area contributed by atoms with E-state index in [-0.39, 0.29) is 12.6 Å². The van der Waals surface area contributed by atoms with Crippen LogP contribution in [0.4, 0.5) is 5.69 Å². The van der Waals surface area contributed by atoms with E-state index in [4.69, 9.17) is 0 Å². The van der Waals surface area contributed by atoms with Crippen molar-refractivity contribution in [3.63, 3.8) is 0 Å². The lowest BCUT2D eigenvalue weighted by molar-refractivity contribution is 0.276. The topological polar surface area (TPSA) is 45.1 Å². The molecule has 0 saturated carbocycles. The molecule has 1 aromatic heterocycles. The van der Waals surface area contributed by atoms with Gasteiger partial charge in [-0.1, -0.05) is 18.2 Å². The van der Waals surface area contributed by atoms with Crippen molar-refractivity contribution in [2.45, 2.75) is 6.04 Å². The second kappa shape index (κ2) is 5.80. The molecule has 0 aliphatic heterocycles. The first-order valence-electron chi connectivity index (χ1n) is 5.33. The van der Waals surface area contributed by atoms with Gasteiger partial charge in [0.2, 0.25) is 0 Å². The SMILES string of the molecule is OCC(Nc1ccccc1Br)c1cccnc1. The zero-order valence-electron chi connectivity index (χ0n) is 9.18. The first-order chi connectivity index (χ1) is 8.31. The van der Waals surface area contributed by atoms with Gasteiger partial charge in [-0.25, -0.2) is 0 Å². The smallest absolute Gasteiger partial charge is 0.0760 e. The van der Waals surface area contributed by atoms with Gasteiger partial charge in [-0.2, -0.15) is 0 Å². The summed E-state index contributed by atoms with van der Waals surface area (Å²) in [6.45, 7) is 0.0209. The van der Waals surface area contributed by atoms with Gasteiger partial charge in [0.05, 0.1) is 12.6 Å². The normalized spacial score (nSPS) is 12.1. The Labute approximate surface area is 109 Å². The van der Waals surface area contributed by atoms with Crippen LogP contribution in [0.15, 0.2) is 53.3 Å². The third kappa shape index (κ3) is 3.05. The molecular weight excluding hydrogens is 280 g/mol. The summed E-state index contributed by atoms with van der Waals surface area (Å²) in [5.74, 6) is 0. The molecule has 88 valence electrons. The Bertz CT molecular complexity index is 476. The standard InChI is InChI=1S/C13H13BrN2O/c14-11-5-1-2-6-12(11)16-13(9-17)10-4-3-7-15-8-10/h1-8,13,16-17H,9H2. The van der Waals surface area contributed by atoms with E-state index in [9.17, 15) is 5.11 Å². The minimum atomic E-state index is -0.151. The molecule has 0 saturated heterocycles. The number of aliphatic hydroxyl groups is 1. The minimum absolute atomic E-state index is 0.0209. The van der Waals surface area contributed by atoms with Gasteiger partial charge in [0, 0.05) is 22.6 Å². The average molecular weight is 293 g/mol. The number of para-hydroxylation sites is 1. The number of hydrogen-bond donors (Lipinski definition) is 2. The van der Waals surface area contributed by atoms with E-state index in [0.29, 0.717) is 0 Å². The second-order valence-electron chi connectivity index (χ2n) is 3.65. The molecule has 0 bridgehead atoms. The summed E-state index contributed by atoms with van der Waals surface area (Å²) in [4.78, 5) is 4.05. The number of rotatable bonds is 4. The van der Waals surface area contributed by atoms with Gasteiger partial charge in [0.1, 0.15) is 0 Å². The molecule has 0 aliphatic rings. The van der Waals surface area contributed by atoms with Crippen LogP contribution in [0, 0.1) is 0 Å². The Morgan fingerprint density at radius 1 is 1.24 bits per heavy atom. The average Bonchev–Trinajstić information content (AvgIpc) is 2.39. The molecule has 1 aromatic carbocycles. The molecule has 17 heavy (non-hydrogen) atoms. The molecule has 0 aliphatic carbocycles. The number of aliphatic hydroxyl groups excluding tert-OH is 1. The van der Waals surface area contributed by atoms with Crippen molar-refractivity contribution in [2.24, 2.45) is 0 Å². The number of nitrogens with zero attached hydrogens (tertiary/aromatic N) is 1. The first-order valence-corrected chi connectivity index (χ1v) is 6.12. The zero-order valence-corrected chi connectivity index (χ0v) is 10.8. The fourth-order valence-corrected chi connectivity index (χ4v) is 1.98. The number of benzene rings is 1. The predicted molar refractivity (Wildman–Crippen MR) is 71.8 cm³/mol. The fourth-order valence-electron chi connectivity index (χ4n) is 1.58. The highest BCUT2D eigenvalue weighted by Gasteiger charge is 2.11. The van der Waals surface area contributed by atoms with Crippen molar-refractivity contribution in [1.82, 2.24) is 4.98 Å². The van der Waals surface area contributed by atoms with E-state index in [0.717, 1.165) is 15.7 Å². The third-order valence-corrected chi connectivity index (χ3v) is 3.16. The Kier molecular flexibility index (Phi) is 4.12. The second-order valence-corrected chi connectivity index (χ2v) is 4.50. The van der Waals surface area contributed by atoms with Crippen molar-refractivity contribution in [1.29, 1.82) is 0 Å². The quantitative estimate of drug-likeness (QED) is 0.911. The van der Waals surface area contributed by atoms with Crippen LogP contribution in [-0.2, 0) is 0 Å². The molecule has 2 rings (SSSR count). The van der Waals surface area contributed by atoms with Crippen molar-refractivity contribution >= 4 is 21.6 Å². The molecule has 0 amide bonds. The number of pyridine rings is 1. The molecule has 0 spiro atoms. The van der Waals surface area contributed by atoms with Gasteiger partial charge in [-0.05, 0) is 39.7 Å². The lowest BCUT2D eigenvalue weighted by Gasteiger charge is -2.18. The van der Waals surface area contributed by atoms with Crippen molar-refractivity contribution in [3.8, 4) is 0 Å². The molecule has 0 radical (unpaired) electrons. The van der Waals surface area contributed by atoms with Gasteiger partial charge >= 0.3 is 0 Å². The van der Waals surface area contributed by atoms with Crippen molar-refractivity contribution < 1.29 is 5.11 Å². The summed E-state index contributed by atoms with van der Waals surface area (Å²) in [7, 11) is 0. The maximum atomic E-state index is 9.43. The molecule has 1 heterocycles. The monoisotopic (exact) mass is 292 g/mol. The Morgan fingerprint density at radius 3 is 2.71 bits per heavy atom. The van der Waals surface area contributed by atoms with Gasteiger partial charge < -0.3 is 10.4 Å². The number of anilines is 1. The molecule has 2 N–H and O–H groups in total. The highest BCUT2D eigenvalue weighted by molar-refractivity contribution is 9.10. The van der Waals surface area contributed by atoms with Crippen molar-refractivity contribution in [2.75, 3.05) is 11.9 Å². The summed E-state index contributed by atoms with van der Waals surface area (Å²) in [6, 6.07) is 11.5. The van der Waals surface area contributed by atoms with Gasteiger partial charge in [0.15, 0.2) is 0 Å². The molecule has 3 nitrogen and oxygen atoms in total. The first kappa shape index (κ1) is 12.1. The molecule has 1 atom stereocenters. The van der Waals surface area contributed by atoms with Crippen LogP contribution >= 0.6 is 15.9 Å². The number of halogens is 1. The number of aromatic nitrogens is 1. The van der Waals surface area contributed by atoms with Gasteiger partial charge in [-0.3, -0.25) is 4.98 Å². The lowest BCUT2D eigenvalue weighted by Crippen LogP contribution is -2.15. The van der Waals surface area contributed by atoms with Gasteiger partial charge in [-0.15, -0.1) is 0 Å². The molecular formula is C13H13BrN2O. The van der Waals surface area contributed by atoms with Crippen LogP contribution in [0.3, 0.4) is 0 Å². The van der Waals surface area contributed by atoms with Gasteiger partial charge in [0.25, 0.3) is 0 Å². The maximum absolute atomic E-state index is 9.43. The number of hydrogen-bond acceptors (Lipinski definition) is 3. The summed E-state index contributed by atoms with van der Waals surface area (Å²) in [5, 5.41) is 12.7. The van der Waals surface area contributed by atoms with Crippen LogP contribution in [0.25, 0.3) is 0 Å². The van der Waals surface area contributed by atoms with Crippen LogP contribution in [0.2, 0.25) is 0 Å². The van der Waals surface area contributed by atoms with Crippen LogP contribution in [0.5, 0.6) is 0 Å². The molecule has 2 aromatic rings. The summed E-state index contributed by atoms with van der Waals surface area (Å²) >= 11 is 3.47. The van der Waals surface area contributed by atoms with E-state index < -0.39 is 0 Å². The lowest BCUT2D eigenvalue weighted by atomic mass is 10.1. The summed E-state index contributed by atoms with van der Waals surface area (Å²) in [5.41, 5.74) is 1.92. The third-order valence-electron chi connectivity index (χ3n) is 2.47. The van der Waals surface area contributed by atoms with E-state index in [1.807, 2.05) is 36.4 Å². The Balaban J connectivity index is 2.19. The zero-order chi connectivity index (χ0) is 12.1. The summed E-state index contributed by atoms with van der Waals surface area (Å²) in [6.07, 6.45) is 3.47. The number of nitrogens with one attached hydrogen (secondary N) is 1. The van der Waals surface area contributed by atoms with E-state index in [1.54, 1.807) is 12.4 Å². The van der Waals surface area contributed by atoms with Crippen LogP contribution in [0.1, 0.15) is 11.6 Å². The highest BCUT2D eigenvalue weighted by atomic mass is 79.9. The summed E-state index contributed by atoms with van der Waals surface area (Å²) < 4.78 is 0.974. The highest BCUT2D eigenvalue weighted by Crippen LogP contribution is 2.25. The fraction of sp³-hybridized carbons (Fsp3) is 0.154. The predicted octanol–water partition coefficient (Wildman–Crippen LogP) is 2.99. The Hall–Kier alpha value is -1.39. The maximum Gasteiger partial charge on any atom is 0.0760 e. The molecule has 4 heteroatoms. The Morgan fingerprint density at radius 2 is 2.06 bits per heavy atom. The van der Waals surface area contributed by atoms with E-state index >= 15 is 0 Å². The van der Waals surface area contributed by atoms with Crippen LogP contribution < -0.4 is 5.32 Å². The largest absolute Gasteiger partial charge is 0.394 e. The van der Waals surface area contributed by atoms with E-state index in [2.05, 4.69) is 26.2 Å². The molecule has 0 fully saturated rings. The van der Waals surface area contributed by atoms with Crippen LogP contribution in [-0.4, -0.2) is 16.7 Å².